The molecule has 106 valence electrons. The van der Waals surface area contributed by atoms with Gasteiger partial charge in [0.05, 0.1) is 11.0 Å². The van der Waals surface area contributed by atoms with Crippen molar-refractivity contribution in [1.29, 1.82) is 0 Å². The highest BCUT2D eigenvalue weighted by Gasteiger charge is 2.18. The largest absolute Gasteiger partial charge is 0.385 e. The summed E-state index contributed by atoms with van der Waals surface area (Å²) in [6.45, 7) is 2.98. The molecule has 0 amide bonds. The van der Waals surface area contributed by atoms with Crippen LogP contribution >= 0.6 is 0 Å². The van der Waals surface area contributed by atoms with E-state index in [4.69, 9.17) is 4.74 Å². The minimum atomic E-state index is -3.47. The van der Waals surface area contributed by atoms with Crippen molar-refractivity contribution in [2.24, 2.45) is 0 Å². The summed E-state index contributed by atoms with van der Waals surface area (Å²) in [4.78, 5) is 0.295. The molecule has 1 aromatic rings. The molecular formula is C13H20N2O3S. The van der Waals surface area contributed by atoms with Crippen LogP contribution in [0.3, 0.4) is 0 Å². The Morgan fingerprint density at radius 3 is 3.00 bits per heavy atom. The van der Waals surface area contributed by atoms with Gasteiger partial charge in [-0.2, -0.15) is 0 Å². The van der Waals surface area contributed by atoms with E-state index in [1.54, 1.807) is 19.2 Å². The van der Waals surface area contributed by atoms with Gasteiger partial charge in [-0.15, -0.1) is 0 Å². The van der Waals surface area contributed by atoms with E-state index in [-0.39, 0.29) is 12.6 Å². The number of hydrogen-bond donors (Lipinski definition) is 2. The molecule has 0 saturated heterocycles. The van der Waals surface area contributed by atoms with Gasteiger partial charge in [0.25, 0.3) is 0 Å². The summed E-state index contributed by atoms with van der Waals surface area (Å²) in [6, 6.07) is 5.25. The van der Waals surface area contributed by atoms with Crippen LogP contribution in [0.5, 0.6) is 0 Å². The number of hydrogen-bond acceptors (Lipinski definition) is 4. The quantitative estimate of drug-likeness (QED) is 0.856. The summed E-state index contributed by atoms with van der Waals surface area (Å²) in [5.41, 5.74) is 2.10. The fourth-order valence-electron chi connectivity index (χ4n) is 2.00. The van der Waals surface area contributed by atoms with Crippen LogP contribution in [-0.2, 0) is 21.2 Å². The van der Waals surface area contributed by atoms with Gasteiger partial charge < -0.3 is 10.1 Å². The first-order valence-corrected chi connectivity index (χ1v) is 7.90. The molecule has 5 nitrogen and oxygen atoms in total. The first-order chi connectivity index (χ1) is 9.03. The zero-order valence-corrected chi connectivity index (χ0v) is 12.1. The summed E-state index contributed by atoms with van der Waals surface area (Å²) in [7, 11) is -1.91. The standard InChI is InChI=1S/C13H20N2O3S/c1-10(18-2)9-15-19(16,17)12-6-5-11-4-3-7-14-13(11)8-12/h5-6,8,10,14-15H,3-4,7,9H2,1-2H3. The lowest BCUT2D eigenvalue weighted by atomic mass is 10.0. The Bertz CT molecular complexity index is 543. The molecule has 0 spiro atoms. The molecule has 0 aromatic heterocycles. The number of ether oxygens (including phenoxy) is 1. The molecule has 1 aliphatic rings. The predicted octanol–water partition coefficient (Wildman–Crippen LogP) is 1.36. The van der Waals surface area contributed by atoms with Crippen LogP contribution in [0.4, 0.5) is 5.69 Å². The van der Waals surface area contributed by atoms with Gasteiger partial charge in [-0.05, 0) is 37.5 Å². The lowest BCUT2D eigenvalue weighted by Gasteiger charge is -2.19. The molecular weight excluding hydrogens is 264 g/mol. The number of nitrogens with one attached hydrogen (secondary N) is 2. The van der Waals surface area contributed by atoms with E-state index in [1.807, 2.05) is 13.0 Å². The number of methoxy groups -OCH3 is 1. The Kier molecular flexibility index (Phi) is 4.44. The van der Waals surface area contributed by atoms with Crippen LogP contribution in [0.25, 0.3) is 0 Å². The molecule has 0 saturated carbocycles. The molecule has 0 aliphatic carbocycles. The SMILES string of the molecule is COC(C)CNS(=O)(=O)c1ccc2c(c1)NCCC2. The molecule has 1 aliphatic heterocycles. The summed E-state index contributed by atoms with van der Waals surface area (Å²) in [5.74, 6) is 0. The fraction of sp³-hybridized carbons (Fsp3) is 0.538. The van der Waals surface area contributed by atoms with E-state index in [0.29, 0.717) is 4.90 Å². The first-order valence-electron chi connectivity index (χ1n) is 6.42. The number of benzene rings is 1. The van der Waals surface area contributed by atoms with Crippen LogP contribution in [0.2, 0.25) is 0 Å². The number of sulfonamides is 1. The van der Waals surface area contributed by atoms with Crippen molar-refractivity contribution in [2.45, 2.75) is 30.8 Å². The van der Waals surface area contributed by atoms with E-state index >= 15 is 0 Å². The maximum Gasteiger partial charge on any atom is 0.240 e. The van der Waals surface area contributed by atoms with Gasteiger partial charge in [-0.1, -0.05) is 6.07 Å². The van der Waals surface area contributed by atoms with Crippen molar-refractivity contribution in [1.82, 2.24) is 4.72 Å². The number of fused-ring (bicyclic) bond motifs is 1. The van der Waals surface area contributed by atoms with Crippen molar-refractivity contribution in [3.63, 3.8) is 0 Å². The molecule has 0 radical (unpaired) electrons. The lowest BCUT2D eigenvalue weighted by molar-refractivity contribution is 0.122. The highest BCUT2D eigenvalue weighted by molar-refractivity contribution is 7.89. The second kappa shape index (κ2) is 5.90. The molecule has 1 aromatic carbocycles. The molecule has 0 fully saturated rings. The smallest absolute Gasteiger partial charge is 0.240 e. The van der Waals surface area contributed by atoms with Crippen molar-refractivity contribution in [2.75, 3.05) is 25.5 Å². The Hall–Kier alpha value is -1.11. The Morgan fingerprint density at radius 1 is 1.47 bits per heavy atom. The van der Waals surface area contributed by atoms with Gasteiger partial charge in [0, 0.05) is 25.9 Å². The normalized spacial score (nSPS) is 16.5. The molecule has 2 rings (SSSR count). The van der Waals surface area contributed by atoms with Crippen LogP contribution < -0.4 is 10.0 Å². The minimum Gasteiger partial charge on any atom is -0.385 e. The third-order valence-electron chi connectivity index (χ3n) is 3.29. The van der Waals surface area contributed by atoms with E-state index in [9.17, 15) is 8.42 Å². The van der Waals surface area contributed by atoms with E-state index in [0.717, 1.165) is 25.1 Å². The molecule has 1 heterocycles. The van der Waals surface area contributed by atoms with Gasteiger partial charge in [-0.25, -0.2) is 13.1 Å². The van der Waals surface area contributed by atoms with Gasteiger partial charge in [0.1, 0.15) is 0 Å². The van der Waals surface area contributed by atoms with E-state index in [2.05, 4.69) is 10.0 Å². The van der Waals surface area contributed by atoms with Crippen molar-refractivity contribution in [3.05, 3.63) is 23.8 Å². The maximum absolute atomic E-state index is 12.1. The van der Waals surface area contributed by atoms with Crippen molar-refractivity contribution < 1.29 is 13.2 Å². The molecule has 19 heavy (non-hydrogen) atoms. The lowest BCUT2D eigenvalue weighted by Crippen LogP contribution is -2.31. The van der Waals surface area contributed by atoms with Gasteiger partial charge in [0.15, 0.2) is 0 Å². The van der Waals surface area contributed by atoms with Crippen LogP contribution in [-0.4, -0.2) is 34.7 Å². The van der Waals surface area contributed by atoms with Gasteiger partial charge in [0.2, 0.25) is 10.0 Å². The van der Waals surface area contributed by atoms with E-state index in [1.165, 1.54) is 5.56 Å². The topological polar surface area (TPSA) is 67.4 Å². The Morgan fingerprint density at radius 2 is 2.26 bits per heavy atom. The van der Waals surface area contributed by atoms with Gasteiger partial charge >= 0.3 is 0 Å². The highest BCUT2D eigenvalue weighted by atomic mass is 32.2. The Labute approximate surface area is 114 Å². The number of aryl methyl sites for hydroxylation is 1. The predicted molar refractivity (Wildman–Crippen MR) is 74.9 cm³/mol. The summed E-state index contributed by atoms with van der Waals surface area (Å²) in [6.07, 6.45) is 1.94. The third-order valence-corrected chi connectivity index (χ3v) is 4.71. The van der Waals surface area contributed by atoms with Gasteiger partial charge in [-0.3, -0.25) is 0 Å². The molecule has 2 N–H and O–H groups in total. The summed E-state index contributed by atoms with van der Waals surface area (Å²) < 4.78 is 31.9. The van der Waals surface area contributed by atoms with Crippen LogP contribution in [0.15, 0.2) is 23.1 Å². The summed E-state index contributed by atoms with van der Waals surface area (Å²) in [5, 5.41) is 3.23. The van der Waals surface area contributed by atoms with Crippen LogP contribution in [0, 0.1) is 0 Å². The average Bonchev–Trinajstić information content (AvgIpc) is 2.44. The highest BCUT2D eigenvalue weighted by Crippen LogP contribution is 2.25. The molecule has 1 atom stereocenters. The number of rotatable bonds is 5. The second-order valence-corrected chi connectivity index (χ2v) is 6.51. The summed E-state index contributed by atoms with van der Waals surface area (Å²) >= 11 is 0. The molecule has 6 heteroatoms. The van der Waals surface area contributed by atoms with Crippen LogP contribution in [0.1, 0.15) is 18.9 Å². The molecule has 0 bridgehead atoms. The zero-order valence-electron chi connectivity index (χ0n) is 11.3. The maximum atomic E-state index is 12.1. The second-order valence-electron chi connectivity index (χ2n) is 4.75. The van der Waals surface area contributed by atoms with Crippen molar-refractivity contribution in [3.8, 4) is 0 Å². The Balaban J connectivity index is 2.16. The molecule has 1 unspecified atom stereocenters. The monoisotopic (exact) mass is 284 g/mol. The number of anilines is 1. The fourth-order valence-corrected chi connectivity index (χ4v) is 3.14. The minimum absolute atomic E-state index is 0.148. The van der Waals surface area contributed by atoms with E-state index < -0.39 is 10.0 Å². The first kappa shape index (κ1) is 14.3. The zero-order chi connectivity index (χ0) is 13.9. The van der Waals surface area contributed by atoms with Crippen molar-refractivity contribution >= 4 is 15.7 Å². The average molecular weight is 284 g/mol. The third kappa shape index (κ3) is 3.46.